The molecule has 30 heavy (non-hydrogen) atoms. The molecule has 1 amide bonds. The number of hydrogen-bond acceptors (Lipinski definition) is 6. The average molecular weight is 440 g/mol. The van der Waals surface area contributed by atoms with Gasteiger partial charge in [-0.25, -0.2) is 4.98 Å². The second-order valence-corrected chi connectivity index (χ2v) is 8.67. The number of carbonyl (C=O) groups excluding carboxylic acids is 1. The van der Waals surface area contributed by atoms with Crippen molar-refractivity contribution in [2.75, 3.05) is 11.9 Å². The molecule has 1 aliphatic carbocycles. The first-order valence-corrected chi connectivity index (χ1v) is 10.8. The second-order valence-electron chi connectivity index (χ2n) is 7.20. The maximum absolute atomic E-state index is 13.1. The van der Waals surface area contributed by atoms with Gasteiger partial charge in [-0.3, -0.25) is 4.79 Å². The number of ether oxygens (including phenoxy) is 1. The smallest absolute Gasteiger partial charge is 0.238 e. The van der Waals surface area contributed by atoms with Crippen LogP contribution in [0, 0.1) is 0 Å². The van der Waals surface area contributed by atoms with Crippen LogP contribution < -0.4 is 10.1 Å². The lowest BCUT2D eigenvalue weighted by atomic mass is 10.0. The van der Waals surface area contributed by atoms with Crippen molar-refractivity contribution in [1.29, 1.82) is 0 Å². The van der Waals surface area contributed by atoms with Gasteiger partial charge in [0.2, 0.25) is 5.91 Å². The van der Waals surface area contributed by atoms with E-state index >= 15 is 0 Å². The summed E-state index contributed by atoms with van der Waals surface area (Å²) in [6, 6.07) is 14.9. The first-order valence-electron chi connectivity index (χ1n) is 9.65. The lowest BCUT2D eigenvalue weighted by Gasteiger charge is -2.10. The van der Waals surface area contributed by atoms with Crippen molar-refractivity contribution in [3.8, 4) is 17.1 Å². The molecule has 1 fully saturated rings. The highest BCUT2D eigenvalue weighted by Gasteiger charge is 2.54. The fourth-order valence-electron chi connectivity index (χ4n) is 3.41. The average Bonchev–Trinajstić information content (AvgIpc) is 3.22. The van der Waals surface area contributed by atoms with Crippen LogP contribution in [0.25, 0.3) is 21.5 Å². The van der Waals surface area contributed by atoms with Crippen LogP contribution in [-0.4, -0.2) is 22.7 Å². The number of fused-ring (bicyclic) bond motifs is 1. The Balaban J connectivity index is 1.36. The standard InChI is InChI=1S/C22H18ClN3O3S/c1-2-28-15-7-8-16-18(11-15)30-21(24-16)25-20(27)22(9-10-22)19-12-17(29-26-19)13-3-5-14(23)6-4-13/h3-8,11-12H,2,9-10H2,1H3,(H,24,25,27). The molecule has 1 saturated carbocycles. The molecule has 1 aliphatic rings. The third kappa shape index (κ3) is 3.44. The molecule has 152 valence electrons. The minimum atomic E-state index is -0.664. The fourth-order valence-corrected chi connectivity index (χ4v) is 4.42. The predicted octanol–water partition coefficient (Wildman–Crippen LogP) is 5.67. The molecule has 0 bridgehead atoms. The highest BCUT2D eigenvalue weighted by atomic mass is 35.5. The molecule has 5 rings (SSSR count). The van der Waals surface area contributed by atoms with Crippen molar-refractivity contribution in [2.45, 2.75) is 25.2 Å². The number of hydrogen-bond donors (Lipinski definition) is 1. The molecule has 4 aromatic rings. The minimum Gasteiger partial charge on any atom is -0.494 e. The van der Waals surface area contributed by atoms with Gasteiger partial charge in [0.05, 0.1) is 27.9 Å². The summed E-state index contributed by atoms with van der Waals surface area (Å²) in [6.45, 7) is 2.55. The fraction of sp³-hybridized carbons (Fsp3) is 0.227. The van der Waals surface area contributed by atoms with Gasteiger partial charge in [-0.1, -0.05) is 28.1 Å². The molecule has 2 heterocycles. The Hall–Kier alpha value is -2.90. The summed E-state index contributed by atoms with van der Waals surface area (Å²) in [4.78, 5) is 17.6. The molecule has 0 saturated heterocycles. The van der Waals surface area contributed by atoms with E-state index in [9.17, 15) is 4.79 Å². The van der Waals surface area contributed by atoms with Crippen LogP contribution in [0.4, 0.5) is 5.13 Å². The van der Waals surface area contributed by atoms with Crippen molar-refractivity contribution >= 4 is 44.2 Å². The molecule has 6 nitrogen and oxygen atoms in total. The van der Waals surface area contributed by atoms with E-state index in [0.29, 0.717) is 28.2 Å². The molecule has 1 N–H and O–H groups in total. The number of benzene rings is 2. The Morgan fingerprint density at radius 3 is 2.77 bits per heavy atom. The number of anilines is 1. The summed E-state index contributed by atoms with van der Waals surface area (Å²) in [5.41, 5.74) is 1.67. The summed E-state index contributed by atoms with van der Waals surface area (Å²) >= 11 is 7.38. The van der Waals surface area contributed by atoms with Crippen LogP contribution in [0.1, 0.15) is 25.5 Å². The van der Waals surface area contributed by atoms with E-state index < -0.39 is 5.41 Å². The second kappa shape index (κ2) is 7.41. The van der Waals surface area contributed by atoms with Gasteiger partial charge in [-0.15, -0.1) is 0 Å². The molecular formula is C22H18ClN3O3S. The van der Waals surface area contributed by atoms with Gasteiger partial charge in [-0.05, 0) is 62.2 Å². The van der Waals surface area contributed by atoms with Gasteiger partial charge in [0, 0.05) is 16.7 Å². The maximum atomic E-state index is 13.1. The van der Waals surface area contributed by atoms with Crippen molar-refractivity contribution in [1.82, 2.24) is 10.1 Å². The van der Waals surface area contributed by atoms with Gasteiger partial charge < -0.3 is 14.6 Å². The number of amides is 1. The summed E-state index contributed by atoms with van der Waals surface area (Å²) in [5, 5.41) is 8.37. The zero-order valence-electron chi connectivity index (χ0n) is 16.1. The zero-order valence-corrected chi connectivity index (χ0v) is 17.7. The van der Waals surface area contributed by atoms with Crippen LogP contribution in [0.15, 0.2) is 53.1 Å². The molecule has 0 aliphatic heterocycles. The summed E-state index contributed by atoms with van der Waals surface area (Å²) < 4.78 is 12.0. The minimum absolute atomic E-state index is 0.109. The quantitative estimate of drug-likeness (QED) is 0.418. The first-order chi connectivity index (χ1) is 14.6. The summed E-state index contributed by atoms with van der Waals surface area (Å²) in [5.74, 6) is 1.30. The molecule has 2 aromatic heterocycles. The Labute approximate surface area is 181 Å². The van der Waals surface area contributed by atoms with E-state index in [2.05, 4.69) is 15.5 Å². The normalized spacial score (nSPS) is 14.6. The van der Waals surface area contributed by atoms with Crippen molar-refractivity contribution in [2.24, 2.45) is 0 Å². The molecule has 2 aromatic carbocycles. The molecule has 0 atom stereocenters. The van der Waals surface area contributed by atoms with Gasteiger partial charge in [-0.2, -0.15) is 0 Å². The lowest BCUT2D eigenvalue weighted by molar-refractivity contribution is -0.118. The SMILES string of the molecule is CCOc1ccc2nc(NC(=O)C3(c4cc(-c5ccc(Cl)cc5)on4)CC3)sc2c1. The van der Waals surface area contributed by atoms with E-state index in [-0.39, 0.29) is 5.91 Å². The zero-order chi connectivity index (χ0) is 20.7. The summed E-state index contributed by atoms with van der Waals surface area (Å²) in [7, 11) is 0. The Morgan fingerprint density at radius 2 is 2.03 bits per heavy atom. The highest BCUT2D eigenvalue weighted by molar-refractivity contribution is 7.22. The number of nitrogens with one attached hydrogen (secondary N) is 1. The molecule has 0 radical (unpaired) electrons. The predicted molar refractivity (Wildman–Crippen MR) is 117 cm³/mol. The number of nitrogens with zero attached hydrogens (tertiary/aromatic N) is 2. The van der Waals surface area contributed by atoms with Crippen LogP contribution in [-0.2, 0) is 10.2 Å². The van der Waals surface area contributed by atoms with E-state index in [1.165, 1.54) is 11.3 Å². The Bertz CT molecular complexity index is 1230. The van der Waals surface area contributed by atoms with Crippen molar-refractivity contribution in [3.63, 3.8) is 0 Å². The Morgan fingerprint density at radius 1 is 1.23 bits per heavy atom. The lowest BCUT2D eigenvalue weighted by Crippen LogP contribution is -2.28. The number of thiazole rings is 1. The van der Waals surface area contributed by atoms with Crippen LogP contribution in [0.3, 0.4) is 0 Å². The van der Waals surface area contributed by atoms with Gasteiger partial charge in [0.15, 0.2) is 10.9 Å². The maximum Gasteiger partial charge on any atom is 0.238 e. The number of carbonyl (C=O) groups is 1. The van der Waals surface area contributed by atoms with Crippen LogP contribution >= 0.6 is 22.9 Å². The molecular weight excluding hydrogens is 422 g/mol. The topological polar surface area (TPSA) is 77.2 Å². The van der Waals surface area contributed by atoms with E-state index in [4.69, 9.17) is 20.9 Å². The largest absolute Gasteiger partial charge is 0.494 e. The highest BCUT2D eigenvalue weighted by Crippen LogP contribution is 2.49. The summed E-state index contributed by atoms with van der Waals surface area (Å²) in [6.07, 6.45) is 1.45. The Kier molecular flexibility index (Phi) is 4.72. The van der Waals surface area contributed by atoms with E-state index in [1.807, 2.05) is 43.3 Å². The van der Waals surface area contributed by atoms with Crippen LogP contribution in [0.2, 0.25) is 5.02 Å². The molecule has 8 heteroatoms. The number of rotatable bonds is 6. The first kappa shape index (κ1) is 19.1. The monoisotopic (exact) mass is 439 g/mol. The third-order valence-corrected chi connectivity index (χ3v) is 6.39. The van der Waals surface area contributed by atoms with Crippen molar-refractivity contribution < 1.29 is 14.1 Å². The van der Waals surface area contributed by atoms with Crippen molar-refractivity contribution in [3.05, 3.63) is 59.2 Å². The third-order valence-electron chi connectivity index (χ3n) is 5.21. The number of halogens is 1. The van der Waals surface area contributed by atoms with Gasteiger partial charge in [0.1, 0.15) is 5.75 Å². The molecule has 0 unspecified atom stereocenters. The van der Waals surface area contributed by atoms with Gasteiger partial charge in [0.25, 0.3) is 0 Å². The van der Waals surface area contributed by atoms with E-state index in [1.54, 1.807) is 12.1 Å². The van der Waals surface area contributed by atoms with E-state index in [0.717, 1.165) is 34.4 Å². The van der Waals surface area contributed by atoms with Gasteiger partial charge >= 0.3 is 0 Å². The number of aromatic nitrogens is 2. The van der Waals surface area contributed by atoms with Crippen LogP contribution in [0.5, 0.6) is 5.75 Å². The molecule has 0 spiro atoms.